The third kappa shape index (κ3) is 3.77. The number of hydrogen-bond acceptors (Lipinski definition) is 5. The van der Waals surface area contributed by atoms with Crippen LogP contribution in [0.4, 0.5) is 0 Å². The van der Waals surface area contributed by atoms with Crippen molar-refractivity contribution in [2.24, 2.45) is 0 Å². The molecule has 0 aromatic carbocycles. The predicted octanol–water partition coefficient (Wildman–Crippen LogP) is 1.54. The highest BCUT2D eigenvalue weighted by molar-refractivity contribution is 9.13. The van der Waals surface area contributed by atoms with E-state index in [0.29, 0.717) is 4.88 Å². The highest BCUT2D eigenvalue weighted by atomic mass is 79.9. The molecule has 0 aliphatic carbocycles. The summed E-state index contributed by atoms with van der Waals surface area (Å²) in [7, 11) is 1.19. The van der Waals surface area contributed by atoms with Gasteiger partial charge in [0.1, 0.15) is 0 Å². The monoisotopic (exact) mass is 385 g/mol. The molecule has 0 radical (unpaired) electrons. The number of rotatable bonds is 4. The summed E-state index contributed by atoms with van der Waals surface area (Å²) < 4.78 is 5.97. The van der Waals surface area contributed by atoms with E-state index in [0.717, 1.165) is 8.26 Å². The first kappa shape index (κ1) is 14.6. The second-order valence-electron chi connectivity index (χ2n) is 2.96. The summed E-state index contributed by atoms with van der Waals surface area (Å²) in [5.74, 6) is -1.12. The van der Waals surface area contributed by atoms with E-state index in [1.54, 1.807) is 6.07 Å². The third-order valence-corrected chi connectivity index (χ3v) is 5.10. The second-order valence-corrected chi connectivity index (χ2v) is 6.19. The zero-order chi connectivity index (χ0) is 13.0. The van der Waals surface area contributed by atoms with E-state index in [1.807, 2.05) is 0 Å². The summed E-state index contributed by atoms with van der Waals surface area (Å²) >= 11 is 7.73. The van der Waals surface area contributed by atoms with Crippen LogP contribution < -0.4 is 5.32 Å². The Morgan fingerprint density at radius 1 is 1.59 bits per heavy atom. The van der Waals surface area contributed by atoms with Gasteiger partial charge in [-0.2, -0.15) is 0 Å². The quantitative estimate of drug-likeness (QED) is 0.769. The van der Waals surface area contributed by atoms with E-state index in [4.69, 9.17) is 5.11 Å². The van der Waals surface area contributed by atoms with Crippen molar-refractivity contribution in [3.8, 4) is 0 Å². The van der Waals surface area contributed by atoms with Crippen LogP contribution in [-0.2, 0) is 9.53 Å². The van der Waals surface area contributed by atoms with Crippen LogP contribution in [0.25, 0.3) is 0 Å². The number of halogens is 2. The van der Waals surface area contributed by atoms with Gasteiger partial charge in [-0.05, 0) is 37.9 Å². The Morgan fingerprint density at radius 3 is 2.65 bits per heavy atom. The molecule has 17 heavy (non-hydrogen) atoms. The Balaban J connectivity index is 2.74. The van der Waals surface area contributed by atoms with Gasteiger partial charge in [-0.3, -0.25) is 4.79 Å². The molecular formula is C9H9Br2NO4S. The Morgan fingerprint density at radius 2 is 2.24 bits per heavy atom. The van der Waals surface area contributed by atoms with Crippen molar-refractivity contribution in [3.05, 3.63) is 19.2 Å². The lowest BCUT2D eigenvalue weighted by atomic mass is 10.3. The van der Waals surface area contributed by atoms with Crippen molar-refractivity contribution in [1.82, 2.24) is 5.32 Å². The number of methoxy groups -OCH3 is 1. The summed E-state index contributed by atoms with van der Waals surface area (Å²) in [6, 6.07) is 0.572. The van der Waals surface area contributed by atoms with Crippen LogP contribution in [0, 0.1) is 0 Å². The first-order valence-corrected chi connectivity index (χ1v) is 6.84. The van der Waals surface area contributed by atoms with Crippen LogP contribution in [0.3, 0.4) is 0 Å². The van der Waals surface area contributed by atoms with E-state index in [1.165, 1.54) is 18.4 Å². The molecular weight excluding hydrogens is 378 g/mol. The number of nitrogens with one attached hydrogen (secondary N) is 1. The number of aliphatic hydroxyl groups excluding tert-OH is 1. The molecule has 1 rings (SSSR count). The lowest BCUT2D eigenvalue weighted by Gasteiger charge is -2.12. The van der Waals surface area contributed by atoms with Gasteiger partial charge in [0.25, 0.3) is 5.91 Å². The van der Waals surface area contributed by atoms with Crippen LogP contribution in [0.15, 0.2) is 14.3 Å². The topological polar surface area (TPSA) is 75.6 Å². The van der Waals surface area contributed by atoms with Gasteiger partial charge in [0.05, 0.1) is 22.4 Å². The fourth-order valence-electron chi connectivity index (χ4n) is 1.01. The maximum atomic E-state index is 11.7. The first-order chi connectivity index (χ1) is 7.99. The van der Waals surface area contributed by atoms with Gasteiger partial charge in [0.15, 0.2) is 6.04 Å². The van der Waals surface area contributed by atoms with Crippen LogP contribution >= 0.6 is 43.2 Å². The Kier molecular flexibility index (Phi) is 5.57. The smallest absolute Gasteiger partial charge is 0.330 e. The summed E-state index contributed by atoms with van der Waals surface area (Å²) in [5.41, 5.74) is 0. The van der Waals surface area contributed by atoms with Gasteiger partial charge in [-0.25, -0.2) is 4.79 Å². The Labute approximate surface area is 118 Å². The highest BCUT2D eigenvalue weighted by Gasteiger charge is 2.22. The van der Waals surface area contributed by atoms with E-state index in [-0.39, 0.29) is 0 Å². The van der Waals surface area contributed by atoms with Gasteiger partial charge in [-0.1, -0.05) is 0 Å². The van der Waals surface area contributed by atoms with Crippen molar-refractivity contribution >= 4 is 55.1 Å². The molecule has 1 atom stereocenters. The lowest BCUT2D eigenvalue weighted by Crippen LogP contribution is -2.43. The fraction of sp³-hybridized carbons (Fsp3) is 0.333. The number of esters is 1. The summed E-state index contributed by atoms with van der Waals surface area (Å²) in [6.45, 7) is -0.508. The number of aliphatic hydroxyl groups is 1. The minimum atomic E-state index is -1.05. The number of carbonyl (C=O) groups excluding carboxylic acids is 2. The molecule has 2 N–H and O–H groups in total. The molecule has 1 heterocycles. The average Bonchev–Trinajstić information content (AvgIpc) is 2.65. The van der Waals surface area contributed by atoms with Crippen molar-refractivity contribution in [3.63, 3.8) is 0 Å². The maximum Gasteiger partial charge on any atom is 0.330 e. The predicted molar refractivity (Wildman–Crippen MR) is 70.1 cm³/mol. The van der Waals surface area contributed by atoms with Crippen molar-refractivity contribution in [2.45, 2.75) is 6.04 Å². The fourth-order valence-corrected chi connectivity index (χ4v) is 2.95. The molecule has 1 aromatic heterocycles. The van der Waals surface area contributed by atoms with E-state index in [9.17, 15) is 9.59 Å². The summed E-state index contributed by atoms with van der Waals surface area (Å²) in [5, 5.41) is 11.3. The largest absolute Gasteiger partial charge is 0.467 e. The third-order valence-electron chi connectivity index (χ3n) is 1.84. The number of thiophene rings is 1. The molecule has 1 amide bonds. The van der Waals surface area contributed by atoms with Crippen molar-refractivity contribution < 1.29 is 19.4 Å². The molecule has 0 fully saturated rings. The Hall–Kier alpha value is -0.440. The van der Waals surface area contributed by atoms with E-state index >= 15 is 0 Å². The van der Waals surface area contributed by atoms with Crippen LogP contribution in [0.5, 0.6) is 0 Å². The first-order valence-electron chi connectivity index (χ1n) is 4.44. The standard InChI is InChI=1S/C9H9Br2NO4S/c1-16-9(15)5(3-13)12-8(14)6-2-4(10)7(11)17-6/h2,5,13H,3H2,1H3,(H,12,14)/t5-/m1/s1. The molecule has 0 bridgehead atoms. The minimum Gasteiger partial charge on any atom is -0.467 e. The molecule has 0 spiro atoms. The highest BCUT2D eigenvalue weighted by Crippen LogP contribution is 2.32. The van der Waals surface area contributed by atoms with Crippen LogP contribution in [0.2, 0.25) is 0 Å². The molecule has 1 aromatic rings. The van der Waals surface area contributed by atoms with Crippen molar-refractivity contribution in [2.75, 3.05) is 13.7 Å². The SMILES string of the molecule is COC(=O)[C@@H](CO)NC(=O)c1cc(Br)c(Br)s1. The summed E-state index contributed by atoms with van der Waals surface area (Å²) in [4.78, 5) is 23.3. The molecule has 5 nitrogen and oxygen atoms in total. The van der Waals surface area contributed by atoms with Crippen LogP contribution in [-0.4, -0.2) is 36.7 Å². The minimum absolute atomic E-state index is 0.422. The van der Waals surface area contributed by atoms with Gasteiger partial charge >= 0.3 is 5.97 Å². The average molecular weight is 387 g/mol. The number of ether oxygens (including phenoxy) is 1. The number of hydrogen-bond donors (Lipinski definition) is 2. The molecule has 0 saturated heterocycles. The number of amides is 1. The molecule has 94 valence electrons. The molecule has 0 aliphatic rings. The molecule has 0 aliphatic heterocycles. The zero-order valence-corrected chi connectivity index (χ0v) is 12.7. The molecule has 0 unspecified atom stereocenters. The van der Waals surface area contributed by atoms with Gasteiger partial charge in [-0.15, -0.1) is 11.3 Å². The van der Waals surface area contributed by atoms with Crippen LogP contribution in [0.1, 0.15) is 9.67 Å². The summed E-state index contributed by atoms with van der Waals surface area (Å²) in [6.07, 6.45) is 0. The molecule has 8 heteroatoms. The maximum absolute atomic E-state index is 11.7. The zero-order valence-electron chi connectivity index (χ0n) is 8.70. The van der Waals surface area contributed by atoms with Gasteiger partial charge < -0.3 is 15.2 Å². The van der Waals surface area contributed by atoms with Gasteiger partial charge in [0.2, 0.25) is 0 Å². The Bertz CT molecular complexity index is 415. The normalized spacial score (nSPS) is 12.0. The lowest BCUT2D eigenvalue weighted by molar-refractivity contribution is -0.143. The van der Waals surface area contributed by atoms with E-state index < -0.39 is 24.5 Å². The van der Waals surface area contributed by atoms with Gasteiger partial charge in [0, 0.05) is 4.47 Å². The van der Waals surface area contributed by atoms with Crippen molar-refractivity contribution in [1.29, 1.82) is 0 Å². The molecule has 0 saturated carbocycles. The number of carbonyl (C=O) groups is 2. The second kappa shape index (κ2) is 6.48. The van der Waals surface area contributed by atoms with E-state index in [2.05, 4.69) is 41.9 Å².